The van der Waals surface area contributed by atoms with E-state index in [4.69, 9.17) is 13.9 Å². The van der Waals surface area contributed by atoms with E-state index in [-0.39, 0.29) is 36.2 Å². The van der Waals surface area contributed by atoms with Gasteiger partial charge >= 0.3 is 0 Å². The zero-order valence-electron chi connectivity index (χ0n) is 19.4. The first-order chi connectivity index (χ1) is 18.1. The molecule has 2 aromatic heterocycles. The Morgan fingerprint density at radius 3 is 2.62 bits per heavy atom. The molecule has 4 heterocycles. The number of phenols is 1. The van der Waals surface area contributed by atoms with E-state index in [9.17, 15) is 14.7 Å². The molecule has 0 radical (unpaired) electrons. The van der Waals surface area contributed by atoms with Crippen molar-refractivity contribution in [3.8, 4) is 28.6 Å². The number of hydrogen-bond donors (Lipinski definition) is 2. The molecule has 2 aliphatic rings. The van der Waals surface area contributed by atoms with Crippen molar-refractivity contribution in [3.63, 3.8) is 0 Å². The highest BCUT2D eigenvalue weighted by Gasteiger charge is 2.39. The van der Waals surface area contributed by atoms with Crippen molar-refractivity contribution in [3.05, 3.63) is 112 Å². The standard InChI is InChI=1S/C29H20N2O6/c32-18-8-5-16(6-9-18)22-11-12-24(37-22)29(34)31-14-20-26(30-21-4-2-1-3-19(21)28(20)33)27(31)17-7-10-23-25(13-17)36-15-35-23/h1-13,27,32H,14-15H2,(H,30,33). The zero-order valence-corrected chi connectivity index (χ0v) is 19.4. The van der Waals surface area contributed by atoms with Gasteiger partial charge < -0.3 is 28.9 Å². The SMILES string of the molecule is O=C(c1ccc(-c2ccc(O)cc2)o1)N1Cc2c([nH]c3ccccc3c2=O)C1c1ccc2c(c1)OCO2. The minimum atomic E-state index is -0.559. The van der Waals surface area contributed by atoms with Gasteiger partial charge in [-0.05, 0) is 66.2 Å². The first-order valence-electron chi connectivity index (χ1n) is 11.8. The summed E-state index contributed by atoms with van der Waals surface area (Å²) < 4.78 is 17.0. The number of carbonyl (C=O) groups is 1. The predicted molar refractivity (Wildman–Crippen MR) is 135 cm³/mol. The van der Waals surface area contributed by atoms with Gasteiger partial charge in [0.1, 0.15) is 11.5 Å². The third-order valence-electron chi connectivity index (χ3n) is 6.90. The number of hydrogen-bond acceptors (Lipinski definition) is 6. The molecule has 0 bridgehead atoms. The number of nitrogens with zero attached hydrogens (tertiary/aromatic N) is 1. The van der Waals surface area contributed by atoms with Crippen LogP contribution < -0.4 is 14.9 Å². The van der Waals surface area contributed by atoms with Crippen LogP contribution in [0.2, 0.25) is 0 Å². The van der Waals surface area contributed by atoms with Crippen molar-refractivity contribution >= 4 is 16.8 Å². The average Bonchev–Trinajstić information content (AvgIpc) is 3.67. The Kier molecular flexibility index (Phi) is 4.62. The van der Waals surface area contributed by atoms with Crippen LogP contribution in [-0.4, -0.2) is 27.7 Å². The first-order valence-corrected chi connectivity index (χ1v) is 11.8. The van der Waals surface area contributed by atoms with E-state index in [1.165, 1.54) is 0 Å². The summed E-state index contributed by atoms with van der Waals surface area (Å²) in [5.41, 5.74) is 3.33. The maximum atomic E-state index is 13.9. The second kappa shape index (κ2) is 8.03. The summed E-state index contributed by atoms with van der Waals surface area (Å²) in [5, 5.41) is 10.2. The number of furan rings is 1. The third kappa shape index (κ3) is 3.37. The zero-order chi connectivity index (χ0) is 25.1. The first kappa shape index (κ1) is 21.3. The number of rotatable bonds is 3. The number of pyridine rings is 1. The molecular formula is C29H20N2O6. The molecule has 1 unspecified atom stereocenters. The maximum Gasteiger partial charge on any atom is 0.290 e. The molecule has 5 aromatic rings. The number of aromatic amines is 1. The van der Waals surface area contributed by atoms with Crippen molar-refractivity contribution in [2.24, 2.45) is 0 Å². The second-order valence-electron chi connectivity index (χ2n) is 9.05. The number of nitrogens with one attached hydrogen (secondary N) is 1. The molecule has 2 aliphatic heterocycles. The van der Waals surface area contributed by atoms with E-state index in [2.05, 4.69) is 4.98 Å². The lowest BCUT2D eigenvalue weighted by atomic mass is 10.0. The van der Waals surface area contributed by atoms with Gasteiger partial charge in [0, 0.05) is 22.0 Å². The summed E-state index contributed by atoms with van der Waals surface area (Å²) in [7, 11) is 0. The predicted octanol–water partition coefficient (Wildman–Crippen LogP) is 4.97. The molecule has 182 valence electrons. The van der Waals surface area contributed by atoms with Gasteiger partial charge in [-0.2, -0.15) is 0 Å². The summed E-state index contributed by atoms with van der Waals surface area (Å²) >= 11 is 0. The number of ether oxygens (including phenoxy) is 2. The summed E-state index contributed by atoms with van der Waals surface area (Å²) in [6.07, 6.45) is 0. The number of aromatic hydroxyl groups is 1. The highest BCUT2D eigenvalue weighted by atomic mass is 16.7. The summed E-state index contributed by atoms with van der Waals surface area (Å²) in [6, 6.07) is 22.2. The van der Waals surface area contributed by atoms with Crippen LogP contribution in [0.1, 0.15) is 33.4 Å². The summed E-state index contributed by atoms with van der Waals surface area (Å²) in [5.74, 6) is 1.68. The molecule has 0 aliphatic carbocycles. The second-order valence-corrected chi connectivity index (χ2v) is 9.05. The average molecular weight is 492 g/mol. The van der Waals surface area contributed by atoms with Gasteiger partial charge in [-0.1, -0.05) is 18.2 Å². The van der Waals surface area contributed by atoms with E-state index >= 15 is 0 Å². The van der Waals surface area contributed by atoms with Crippen LogP contribution in [0, 0.1) is 0 Å². The van der Waals surface area contributed by atoms with E-state index in [1.807, 2.05) is 36.4 Å². The lowest BCUT2D eigenvalue weighted by molar-refractivity contribution is 0.0685. The lowest BCUT2D eigenvalue weighted by Crippen LogP contribution is -2.30. The molecule has 8 nitrogen and oxygen atoms in total. The molecule has 7 rings (SSSR count). The fourth-order valence-electron chi connectivity index (χ4n) is 5.10. The van der Waals surface area contributed by atoms with Gasteiger partial charge in [-0.25, -0.2) is 0 Å². The molecule has 0 saturated heterocycles. The van der Waals surface area contributed by atoms with Crippen LogP contribution in [0.25, 0.3) is 22.2 Å². The Morgan fingerprint density at radius 1 is 0.946 bits per heavy atom. The number of aromatic nitrogens is 1. The summed E-state index contributed by atoms with van der Waals surface area (Å²) in [4.78, 5) is 32.4. The normalized spacial score (nSPS) is 15.8. The van der Waals surface area contributed by atoms with E-state index in [0.717, 1.165) is 11.1 Å². The van der Waals surface area contributed by atoms with Crippen LogP contribution in [-0.2, 0) is 6.54 Å². The van der Waals surface area contributed by atoms with Crippen LogP contribution in [0.3, 0.4) is 0 Å². The van der Waals surface area contributed by atoms with Gasteiger partial charge in [-0.15, -0.1) is 0 Å². The lowest BCUT2D eigenvalue weighted by Gasteiger charge is -2.25. The highest BCUT2D eigenvalue weighted by molar-refractivity contribution is 5.93. The molecule has 1 atom stereocenters. The number of H-pyrrole nitrogens is 1. The Balaban J connectivity index is 1.34. The Hall–Kier alpha value is -4.98. The molecule has 2 N–H and O–H groups in total. The quantitative estimate of drug-likeness (QED) is 0.369. The maximum absolute atomic E-state index is 13.9. The largest absolute Gasteiger partial charge is 0.508 e. The Bertz CT molecular complexity index is 1750. The minimum Gasteiger partial charge on any atom is -0.508 e. The topological polar surface area (TPSA) is 105 Å². The smallest absolute Gasteiger partial charge is 0.290 e. The van der Waals surface area contributed by atoms with Gasteiger partial charge in [0.15, 0.2) is 22.7 Å². The molecule has 3 aromatic carbocycles. The monoisotopic (exact) mass is 492 g/mol. The molecule has 37 heavy (non-hydrogen) atoms. The minimum absolute atomic E-state index is 0.102. The van der Waals surface area contributed by atoms with Crippen molar-refractivity contribution in [2.75, 3.05) is 6.79 Å². The third-order valence-corrected chi connectivity index (χ3v) is 6.90. The van der Waals surface area contributed by atoms with E-state index in [1.54, 1.807) is 47.4 Å². The van der Waals surface area contributed by atoms with Crippen molar-refractivity contribution < 1.29 is 23.8 Å². The van der Waals surface area contributed by atoms with Crippen molar-refractivity contribution in [1.82, 2.24) is 9.88 Å². The van der Waals surface area contributed by atoms with Gasteiger partial charge in [-0.3, -0.25) is 9.59 Å². The Labute approximate surface area is 210 Å². The van der Waals surface area contributed by atoms with Gasteiger partial charge in [0.25, 0.3) is 5.91 Å². The van der Waals surface area contributed by atoms with Crippen LogP contribution >= 0.6 is 0 Å². The van der Waals surface area contributed by atoms with E-state index < -0.39 is 6.04 Å². The molecule has 8 heteroatoms. The Morgan fingerprint density at radius 2 is 1.76 bits per heavy atom. The van der Waals surface area contributed by atoms with Gasteiger partial charge in [0.2, 0.25) is 6.79 Å². The molecule has 0 spiro atoms. The number of fused-ring (bicyclic) bond motifs is 3. The van der Waals surface area contributed by atoms with Crippen LogP contribution in [0.5, 0.6) is 17.2 Å². The van der Waals surface area contributed by atoms with Crippen LogP contribution in [0.4, 0.5) is 0 Å². The van der Waals surface area contributed by atoms with Crippen molar-refractivity contribution in [2.45, 2.75) is 12.6 Å². The number of para-hydroxylation sites is 1. The number of amides is 1. The van der Waals surface area contributed by atoms with Crippen molar-refractivity contribution in [1.29, 1.82) is 0 Å². The van der Waals surface area contributed by atoms with Crippen LogP contribution in [0.15, 0.2) is 88.1 Å². The number of phenolic OH excluding ortho intramolecular Hbond substituents is 1. The molecule has 0 saturated carbocycles. The van der Waals surface area contributed by atoms with Gasteiger partial charge in [0.05, 0.1) is 18.3 Å². The van der Waals surface area contributed by atoms with E-state index in [0.29, 0.717) is 39.4 Å². The molecular weight excluding hydrogens is 472 g/mol. The summed E-state index contributed by atoms with van der Waals surface area (Å²) in [6.45, 7) is 0.263. The fourth-order valence-corrected chi connectivity index (χ4v) is 5.10. The number of carbonyl (C=O) groups excluding carboxylic acids is 1. The molecule has 1 amide bonds. The molecule has 0 fully saturated rings. The highest BCUT2D eigenvalue weighted by Crippen LogP contribution is 2.42. The fraction of sp³-hybridized carbons (Fsp3) is 0.103. The number of benzene rings is 3.